The molecule has 8 nitrogen and oxygen atoms in total. The standard InChI is InChI=1S/C18H24N4O4/c23-16(21-8-3-18(4-9-21)25-10-11-26-18)14-2-1-7-22(13-14)17(24)15-12-19-5-6-20-15/h5-6,12,14H,1-4,7-11,13H2. The van der Waals surface area contributed by atoms with Crippen molar-refractivity contribution in [2.75, 3.05) is 39.4 Å². The number of piperidine rings is 2. The van der Waals surface area contributed by atoms with Gasteiger partial charge in [0.05, 0.1) is 25.3 Å². The van der Waals surface area contributed by atoms with Crippen molar-refractivity contribution >= 4 is 11.8 Å². The Morgan fingerprint density at radius 2 is 1.85 bits per heavy atom. The Bertz CT molecular complexity index is 652. The molecular weight excluding hydrogens is 336 g/mol. The van der Waals surface area contributed by atoms with Crippen LogP contribution in [0.5, 0.6) is 0 Å². The lowest BCUT2D eigenvalue weighted by atomic mass is 9.94. The summed E-state index contributed by atoms with van der Waals surface area (Å²) < 4.78 is 11.5. The van der Waals surface area contributed by atoms with Crippen molar-refractivity contribution in [1.82, 2.24) is 19.8 Å². The molecule has 1 atom stereocenters. The van der Waals surface area contributed by atoms with Crippen molar-refractivity contribution in [3.8, 4) is 0 Å². The summed E-state index contributed by atoms with van der Waals surface area (Å²) >= 11 is 0. The molecule has 4 heterocycles. The molecular formula is C18H24N4O4. The quantitative estimate of drug-likeness (QED) is 0.772. The van der Waals surface area contributed by atoms with E-state index in [0.717, 1.165) is 12.8 Å². The average Bonchev–Trinajstić information content (AvgIpc) is 3.16. The minimum Gasteiger partial charge on any atom is -0.347 e. The first-order valence-corrected chi connectivity index (χ1v) is 9.29. The van der Waals surface area contributed by atoms with Crippen LogP contribution in [0, 0.1) is 5.92 Å². The van der Waals surface area contributed by atoms with Crippen LogP contribution in [-0.2, 0) is 14.3 Å². The second-order valence-electron chi connectivity index (χ2n) is 7.11. The van der Waals surface area contributed by atoms with Crippen LogP contribution in [-0.4, -0.2) is 76.8 Å². The molecule has 1 spiro atoms. The number of carbonyl (C=O) groups excluding carboxylic acids is 2. The maximum absolute atomic E-state index is 12.9. The highest BCUT2D eigenvalue weighted by atomic mass is 16.7. The SMILES string of the molecule is O=C(c1cnccn1)N1CCCC(C(=O)N2CCC3(CC2)OCCO3)C1. The van der Waals surface area contributed by atoms with E-state index in [-0.39, 0.29) is 17.7 Å². The molecule has 0 aliphatic carbocycles. The highest BCUT2D eigenvalue weighted by Crippen LogP contribution is 2.32. The van der Waals surface area contributed by atoms with Gasteiger partial charge in [0.15, 0.2) is 5.79 Å². The summed E-state index contributed by atoms with van der Waals surface area (Å²) in [5.74, 6) is -0.642. The van der Waals surface area contributed by atoms with Gasteiger partial charge in [0, 0.05) is 51.4 Å². The zero-order valence-electron chi connectivity index (χ0n) is 14.8. The molecule has 3 fully saturated rings. The van der Waals surface area contributed by atoms with Crippen LogP contribution in [0.15, 0.2) is 18.6 Å². The van der Waals surface area contributed by atoms with Crippen LogP contribution in [0.4, 0.5) is 0 Å². The van der Waals surface area contributed by atoms with Crippen LogP contribution in [0.25, 0.3) is 0 Å². The van der Waals surface area contributed by atoms with Gasteiger partial charge < -0.3 is 19.3 Å². The van der Waals surface area contributed by atoms with Gasteiger partial charge in [0.25, 0.3) is 5.91 Å². The van der Waals surface area contributed by atoms with E-state index in [1.807, 2.05) is 4.90 Å². The molecule has 8 heteroatoms. The van der Waals surface area contributed by atoms with Crippen LogP contribution in [0.2, 0.25) is 0 Å². The maximum atomic E-state index is 12.9. The predicted molar refractivity (Wildman–Crippen MR) is 91.1 cm³/mol. The van der Waals surface area contributed by atoms with Crippen LogP contribution < -0.4 is 0 Å². The van der Waals surface area contributed by atoms with Gasteiger partial charge in [-0.2, -0.15) is 0 Å². The minimum atomic E-state index is -0.475. The molecule has 0 N–H and O–H groups in total. The third kappa shape index (κ3) is 3.43. The van der Waals surface area contributed by atoms with Crippen LogP contribution in [0.3, 0.4) is 0 Å². The minimum absolute atomic E-state index is 0.134. The summed E-state index contributed by atoms with van der Waals surface area (Å²) in [6.07, 6.45) is 7.60. The van der Waals surface area contributed by atoms with Gasteiger partial charge in [0.1, 0.15) is 5.69 Å². The van der Waals surface area contributed by atoms with E-state index in [0.29, 0.717) is 57.9 Å². The van der Waals surface area contributed by atoms with Crippen LogP contribution >= 0.6 is 0 Å². The molecule has 3 aliphatic rings. The molecule has 26 heavy (non-hydrogen) atoms. The van der Waals surface area contributed by atoms with E-state index in [2.05, 4.69) is 9.97 Å². The second-order valence-corrected chi connectivity index (χ2v) is 7.11. The Morgan fingerprint density at radius 3 is 2.54 bits per heavy atom. The molecule has 1 aromatic rings. The van der Waals surface area contributed by atoms with E-state index < -0.39 is 5.79 Å². The number of hydrogen-bond donors (Lipinski definition) is 0. The molecule has 1 unspecified atom stereocenters. The normalized spacial score (nSPS) is 25.5. The molecule has 3 saturated heterocycles. The summed E-state index contributed by atoms with van der Waals surface area (Å²) in [5.41, 5.74) is 0.330. The Labute approximate surface area is 152 Å². The third-order valence-corrected chi connectivity index (χ3v) is 5.49. The number of rotatable bonds is 2. The topological polar surface area (TPSA) is 84.9 Å². The number of nitrogens with zero attached hydrogens (tertiary/aromatic N) is 4. The van der Waals surface area contributed by atoms with E-state index in [9.17, 15) is 9.59 Å². The van der Waals surface area contributed by atoms with Gasteiger partial charge in [-0.1, -0.05) is 0 Å². The van der Waals surface area contributed by atoms with Crippen molar-refractivity contribution in [3.05, 3.63) is 24.3 Å². The molecule has 3 aliphatic heterocycles. The van der Waals surface area contributed by atoms with Gasteiger partial charge in [-0.25, -0.2) is 4.98 Å². The van der Waals surface area contributed by atoms with E-state index >= 15 is 0 Å². The first-order valence-electron chi connectivity index (χ1n) is 9.29. The number of ether oxygens (including phenoxy) is 2. The van der Waals surface area contributed by atoms with Crippen molar-refractivity contribution in [3.63, 3.8) is 0 Å². The highest BCUT2D eigenvalue weighted by molar-refractivity contribution is 5.92. The van der Waals surface area contributed by atoms with Gasteiger partial charge in [-0.05, 0) is 12.8 Å². The Kier molecular flexibility index (Phi) is 4.86. The molecule has 0 saturated carbocycles. The predicted octanol–water partition coefficient (Wildman–Crippen LogP) is 0.694. The Morgan fingerprint density at radius 1 is 1.08 bits per heavy atom. The van der Waals surface area contributed by atoms with Gasteiger partial charge >= 0.3 is 0 Å². The van der Waals surface area contributed by atoms with Crippen molar-refractivity contribution < 1.29 is 19.1 Å². The number of hydrogen-bond acceptors (Lipinski definition) is 6. The monoisotopic (exact) mass is 360 g/mol. The molecule has 1 aromatic heterocycles. The lowest BCUT2D eigenvalue weighted by Gasteiger charge is -2.40. The van der Waals surface area contributed by atoms with E-state index in [1.165, 1.54) is 12.4 Å². The summed E-state index contributed by atoms with van der Waals surface area (Å²) in [6.45, 7) is 3.67. The highest BCUT2D eigenvalue weighted by Gasteiger charge is 2.42. The molecule has 0 bridgehead atoms. The number of aromatic nitrogens is 2. The van der Waals surface area contributed by atoms with Gasteiger partial charge in [0.2, 0.25) is 5.91 Å². The largest absolute Gasteiger partial charge is 0.347 e. The lowest BCUT2D eigenvalue weighted by Crippen LogP contribution is -2.52. The van der Waals surface area contributed by atoms with Crippen molar-refractivity contribution in [1.29, 1.82) is 0 Å². The third-order valence-electron chi connectivity index (χ3n) is 5.49. The van der Waals surface area contributed by atoms with E-state index in [1.54, 1.807) is 11.1 Å². The lowest BCUT2D eigenvalue weighted by molar-refractivity contribution is -0.188. The summed E-state index contributed by atoms with van der Waals surface area (Å²) in [6, 6.07) is 0. The fraction of sp³-hybridized carbons (Fsp3) is 0.667. The molecule has 0 radical (unpaired) electrons. The van der Waals surface area contributed by atoms with E-state index in [4.69, 9.17) is 9.47 Å². The Hall–Kier alpha value is -2.06. The first-order chi connectivity index (χ1) is 12.7. The summed E-state index contributed by atoms with van der Waals surface area (Å²) in [4.78, 5) is 37.2. The molecule has 140 valence electrons. The van der Waals surface area contributed by atoms with Gasteiger partial charge in [-0.15, -0.1) is 0 Å². The Balaban J connectivity index is 1.35. The first kappa shape index (κ1) is 17.4. The number of amides is 2. The second kappa shape index (κ2) is 7.28. The summed E-state index contributed by atoms with van der Waals surface area (Å²) in [7, 11) is 0. The van der Waals surface area contributed by atoms with Crippen LogP contribution in [0.1, 0.15) is 36.2 Å². The van der Waals surface area contributed by atoms with Crippen molar-refractivity contribution in [2.24, 2.45) is 5.92 Å². The number of carbonyl (C=O) groups is 2. The van der Waals surface area contributed by atoms with Crippen molar-refractivity contribution in [2.45, 2.75) is 31.5 Å². The van der Waals surface area contributed by atoms with Gasteiger partial charge in [-0.3, -0.25) is 14.6 Å². The average molecular weight is 360 g/mol. The fourth-order valence-corrected chi connectivity index (χ4v) is 4.05. The zero-order chi connectivity index (χ0) is 18.0. The molecule has 0 aromatic carbocycles. The molecule has 4 rings (SSSR count). The zero-order valence-corrected chi connectivity index (χ0v) is 14.8. The maximum Gasteiger partial charge on any atom is 0.274 e. The fourth-order valence-electron chi connectivity index (χ4n) is 4.05. The molecule has 2 amide bonds. The number of likely N-dealkylation sites (tertiary alicyclic amines) is 2. The summed E-state index contributed by atoms with van der Waals surface area (Å²) in [5, 5.41) is 0. The smallest absolute Gasteiger partial charge is 0.274 e.